The van der Waals surface area contributed by atoms with Crippen molar-refractivity contribution < 1.29 is 4.79 Å². The molecular weight excluding hydrogens is 338 g/mol. The summed E-state index contributed by atoms with van der Waals surface area (Å²) in [6, 6.07) is 5.86. The number of nitrogens with zero attached hydrogens (tertiary/aromatic N) is 3. The van der Waals surface area contributed by atoms with E-state index in [1.807, 2.05) is 35.4 Å². The molecule has 0 aliphatic heterocycles. The topological polar surface area (TPSA) is 46.1 Å². The second-order valence-corrected chi connectivity index (χ2v) is 7.80. The van der Waals surface area contributed by atoms with Crippen molar-refractivity contribution in [3.63, 3.8) is 0 Å². The van der Waals surface area contributed by atoms with Crippen LogP contribution >= 0.6 is 22.7 Å². The molecule has 4 rings (SSSR count). The lowest BCUT2D eigenvalue weighted by atomic mass is 10.2. The van der Waals surface area contributed by atoms with E-state index in [-0.39, 0.29) is 5.91 Å². The molecule has 0 saturated heterocycles. The first-order chi connectivity index (χ1) is 11.7. The smallest absolute Gasteiger partial charge is 0.270 e. The fraction of sp³-hybridized carbons (Fsp3) is 0.278. The molecule has 3 heterocycles. The zero-order valence-electron chi connectivity index (χ0n) is 13.3. The Bertz CT molecular complexity index is 839. The SMILES string of the molecule is Cc1nc(-c2ccsc2)sc1C(=O)N(CC1CC1)c1cccnc1. The highest BCUT2D eigenvalue weighted by Crippen LogP contribution is 2.34. The lowest BCUT2D eigenvalue weighted by molar-refractivity contribution is 0.0988. The van der Waals surface area contributed by atoms with Gasteiger partial charge in [-0.1, -0.05) is 0 Å². The first kappa shape index (κ1) is 15.5. The second kappa shape index (κ2) is 6.45. The van der Waals surface area contributed by atoms with Crippen LogP contribution in [0.15, 0.2) is 41.4 Å². The number of amides is 1. The number of rotatable bonds is 5. The Balaban J connectivity index is 1.67. The molecule has 0 bridgehead atoms. The molecule has 0 N–H and O–H groups in total. The standard InChI is InChI=1S/C18H17N3OS2/c1-12-16(24-17(20-12)14-6-8-23-11-14)18(22)21(10-13-4-5-13)15-3-2-7-19-9-15/h2-3,6-9,11,13H,4-5,10H2,1H3. The Hall–Kier alpha value is -2.05. The number of hydrogen-bond acceptors (Lipinski definition) is 5. The van der Waals surface area contributed by atoms with E-state index < -0.39 is 0 Å². The van der Waals surface area contributed by atoms with Crippen LogP contribution in [-0.4, -0.2) is 22.4 Å². The number of thiophene rings is 1. The van der Waals surface area contributed by atoms with Crippen LogP contribution in [0.4, 0.5) is 5.69 Å². The number of carbonyl (C=O) groups is 1. The van der Waals surface area contributed by atoms with Gasteiger partial charge in [-0.2, -0.15) is 11.3 Å². The zero-order chi connectivity index (χ0) is 16.5. The van der Waals surface area contributed by atoms with E-state index in [0.29, 0.717) is 5.92 Å². The van der Waals surface area contributed by atoms with Crippen LogP contribution in [0.2, 0.25) is 0 Å². The van der Waals surface area contributed by atoms with E-state index in [2.05, 4.69) is 15.3 Å². The molecule has 6 heteroatoms. The highest BCUT2D eigenvalue weighted by Gasteiger charge is 2.30. The third-order valence-corrected chi connectivity index (χ3v) is 5.98. The molecule has 24 heavy (non-hydrogen) atoms. The van der Waals surface area contributed by atoms with Gasteiger partial charge in [0.25, 0.3) is 5.91 Å². The van der Waals surface area contributed by atoms with Gasteiger partial charge in [0.2, 0.25) is 0 Å². The summed E-state index contributed by atoms with van der Waals surface area (Å²) in [7, 11) is 0. The predicted octanol–water partition coefficient (Wildman–Crippen LogP) is 4.63. The maximum atomic E-state index is 13.2. The van der Waals surface area contributed by atoms with Crippen molar-refractivity contribution in [2.45, 2.75) is 19.8 Å². The molecule has 0 radical (unpaired) electrons. The molecular formula is C18H17N3OS2. The van der Waals surface area contributed by atoms with E-state index in [0.717, 1.165) is 33.4 Å². The minimum absolute atomic E-state index is 0.0337. The molecule has 0 aromatic carbocycles. The van der Waals surface area contributed by atoms with Crippen LogP contribution in [0.5, 0.6) is 0 Å². The van der Waals surface area contributed by atoms with Crippen molar-refractivity contribution in [2.75, 3.05) is 11.4 Å². The highest BCUT2D eigenvalue weighted by molar-refractivity contribution is 7.17. The van der Waals surface area contributed by atoms with Crippen LogP contribution < -0.4 is 4.90 Å². The number of thiazole rings is 1. The van der Waals surface area contributed by atoms with Crippen LogP contribution in [0, 0.1) is 12.8 Å². The molecule has 1 amide bonds. The van der Waals surface area contributed by atoms with Crippen molar-refractivity contribution in [1.29, 1.82) is 0 Å². The van der Waals surface area contributed by atoms with Crippen molar-refractivity contribution in [2.24, 2.45) is 5.92 Å². The van der Waals surface area contributed by atoms with Gasteiger partial charge in [0.05, 0.1) is 17.6 Å². The number of aromatic nitrogens is 2. The van der Waals surface area contributed by atoms with E-state index >= 15 is 0 Å². The number of aryl methyl sites for hydroxylation is 1. The Morgan fingerprint density at radius 1 is 1.38 bits per heavy atom. The van der Waals surface area contributed by atoms with Crippen molar-refractivity contribution in [3.05, 3.63) is 51.9 Å². The maximum absolute atomic E-state index is 13.2. The van der Waals surface area contributed by atoms with E-state index in [9.17, 15) is 4.79 Å². The average Bonchev–Trinajstić information content (AvgIpc) is 3.09. The largest absolute Gasteiger partial charge is 0.306 e. The molecule has 1 saturated carbocycles. The third kappa shape index (κ3) is 3.12. The van der Waals surface area contributed by atoms with Gasteiger partial charge in [0, 0.05) is 23.7 Å². The lowest BCUT2D eigenvalue weighted by Crippen LogP contribution is -2.32. The number of pyridine rings is 1. The van der Waals surface area contributed by atoms with Crippen LogP contribution in [0.25, 0.3) is 10.6 Å². The first-order valence-corrected chi connectivity index (χ1v) is 9.70. The van der Waals surface area contributed by atoms with Gasteiger partial charge in [0.15, 0.2) is 0 Å². The fourth-order valence-corrected chi connectivity index (χ4v) is 4.33. The molecule has 1 fully saturated rings. The van der Waals surface area contributed by atoms with Gasteiger partial charge >= 0.3 is 0 Å². The van der Waals surface area contributed by atoms with Crippen LogP contribution in [0.1, 0.15) is 28.2 Å². The van der Waals surface area contributed by atoms with Gasteiger partial charge in [0.1, 0.15) is 9.88 Å². The molecule has 4 nitrogen and oxygen atoms in total. The summed E-state index contributed by atoms with van der Waals surface area (Å²) < 4.78 is 0. The quantitative estimate of drug-likeness (QED) is 0.670. The average molecular weight is 355 g/mol. The molecule has 3 aromatic rings. The minimum Gasteiger partial charge on any atom is -0.306 e. The number of hydrogen-bond donors (Lipinski definition) is 0. The van der Waals surface area contributed by atoms with Crippen LogP contribution in [-0.2, 0) is 0 Å². The first-order valence-electron chi connectivity index (χ1n) is 7.94. The summed E-state index contributed by atoms with van der Waals surface area (Å²) in [4.78, 5) is 24.6. The third-order valence-electron chi connectivity index (χ3n) is 4.10. The van der Waals surface area contributed by atoms with Gasteiger partial charge in [-0.05, 0) is 49.3 Å². The van der Waals surface area contributed by atoms with Crippen molar-refractivity contribution in [1.82, 2.24) is 9.97 Å². The lowest BCUT2D eigenvalue weighted by Gasteiger charge is -2.21. The van der Waals surface area contributed by atoms with Gasteiger partial charge in [-0.25, -0.2) is 4.98 Å². The van der Waals surface area contributed by atoms with E-state index in [4.69, 9.17) is 0 Å². The monoisotopic (exact) mass is 355 g/mol. The van der Waals surface area contributed by atoms with Gasteiger partial charge < -0.3 is 4.90 Å². The summed E-state index contributed by atoms with van der Waals surface area (Å²) in [5.74, 6) is 0.644. The van der Waals surface area contributed by atoms with Crippen molar-refractivity contribution >= 4 is 34.3 Å². The normalized spacial score (nSPS) is 13.9. The Morgan fingerprint density at radius 3 is 2.92 bits per heavy atom. The number of carbonyl (C=O) groups excluding carboxylic acids is 1. The second-order valence-electron chi connectivity index (χ2n) is 6.02. The van der Waals surface area contributed by atoms with E-state index in [1.54, 1.807) is 23.7 Å². The molecule has 0 unspecified atom stereocenters. The Kier molecular flexibility index (Phi) is 4.16. The van der Waals surface area contributed by atoms with Gasteiger partial charge in [-0.3, -0.25) is 9.78 Å². The molecule has 0 atom stereocenters. The summed E-state index contributed by atoms with van der Waals surface area (Å²) in [5, 5.41) is 5.01. The number of anilines is 1. The molecule has 122 valence electrons. The van der Waals surface area contributed by atoms with Gasteiger partial charge in [-0.15, -0.1) is 11.3 Å². The summed E-state index contributed by atoms with van der Waals surface area (Å²) in [5.41, 5.74) is 2.75. The van der Waals surface area contributed by atoms with E-state index in [1.165, 1.54) is 24.2 Å². The highest BCUT2D eigenvalue weighted by atomic mass is 32.1. The maximum Gasteiger partial charge on any atom is 0.270 e. The molecule has 3 aromatic heterocycles. The Morgan fingerprint density at radius 2 is 2.25 bits per heavy atom. The van der Waals surface area contributed by atoms with Crippen molar-refractivity contribution in [3.8, 4) is 10.6 Å². The Labute approximate surface area is 148 Å². The molecule has 0 spiro atoms. The zero-order valence-corrected chi connectivity index (χ0v) is 14.9. The molecule has 1 aliphatic carbocycles. The summed E-state index contributed by atoms with van der Waals surface area (Å²) >= 11 is 3.12. The minimum atomic E-state index is 0.0337. The summed E-state index contributed by atoms with van der Waals surface area (Å²) in [6.07, 6.45) is 5.89. The predicted molar refractivity (Wildman–Crippen MR) is 98.8 cm³/mol. The molecule has 1 aliphatic rings. The van der Waals surface area contributed by atoms with Crippen LogP contribution in [0.3, 0.4) is 0 Å². The fourth-order valence-electron chi connectivity index (χ4n) is 2.60. The summed E-state index contributed by atoms with van der Waals surface area (Å²) in [6.45, 7) is 2.67.